The Bertz CT molecular complexity index is 247. The van der Waals surface area contributed by atoms with E-state index in [1.165, 1.54) is 32.8 Å². The molecule has 2 rings (SSSR count). The van der Waals surface area contributed by atoms with Crippen LogP contribution in [0.2, 0.25) is 0 Å². The summed E-state index contributed by atoms with van der Waals surface area (Å²) < 4.78 is 10.5. The van der Waals surface area contributed by atoms with Gasteiger partial charge in [-0.25, -0.2) is 0 Å². The summed E-state index contributed by atoms with van der Waals surface area (Å²) in [6, 6.07) is 0.211. The van der Waals surface area contributed by atoms with Crippen LogP contribution in [-0.4, -0.2) is 38.4 Å². The van der Waals surface area contributed by atoms with E-state index < -0.39 is 0 Å². The first-order chi connectivity index (χ1) is 8.29. The molecule has 0 radical (unpaired) electrons. The van der Waals surface area contributed by atoms with Gasteiger partial charge in [0, 0.05) is 12.6 Å². The molecule has 0 aromatic heterocycles. The maximum atomic E-state index is 11.5. The highest BCUT2D eigenvalue weighted by Crippen LogP contribution is 2.25. The lowest BCUT2D eigenvalue weighted by Crippen LogP contribution is -2.42. The summed E-state index contributed by atoms with van der Waals surface area (Å²) in [7, 11) is 1.43. The SMILES string of the molecule is COC(=O)C(COCC1CCCC1)NC1CC1. The number of nitrogens with one attached hydrogen (secondary N) is 1. The van der Waals surface area contributed by atoms with Crippen LogP contribution in [0.5, 0.6) is 0 Å². The van der Waals surface area contributed by atoms with Crippen molar-refractivity contribution in [3.63, 3.8) is 0 Å². The number of hydrogen-bond donors (Lipinski definition) is 1. The topological polar surface area (TPSA) is 47.6 Å². The van der Waals surface area contributed by atoms with Crippen molar-refractivity contribution < 1.29 is 14.3 Å². The van der Waals surface area contributed by atoms with E-state index in [2.05, 4.69) is 5.32 Å². The molecule has 1 atom stereocenters. The van der Waals surface area contributed by atoms with Crippen molar-refractivity contribution >= 4 is 5.97 Å². The zero-order chi connectivity index (χ0) is 12.1. The maximum absolute atomic E-state index is 11.5. The molecule has 0 amide bonds. The van der Waals surface area contributed by atoms with E-state index in [0.29, 0.717) is 18.6 Å². The molecule has 0 spiro atoms. The Hall–Kier alpha value is -0.610. The van der Waals surface area contributed by atoms with Gasteiger partial charge in [-0.3, -0.25) is 10.1 Å². The molecule has 0 aromatic carbocycles. The second kappa shape index (κ2) is 6.36. The Labute approximate surface area is 103 Å². The number of carbonyl (C=O) groups excluding carboxylic acids is 1. The van der Waals surface area contributed by atoms with Gasteiger partial charge in [-0.15, -0.1) is 0 Å². The summed E-state index contributed by atoms with van der Waals surface area (Å²) in [5.74, 6) is 0.498. The van der Waals surface area contributed by atoms with Crippen molar-refractivity contribution in [2.45, 2.75) is 50.6 Å². The normalized spacial score (nSPS) is 22.6. The summed E-state index contributed by atoms with van der Waals surface area (Å²) in [6.07, 6.45) is 7.54. The van der Waals surface area contributed by atoms with Gasteiger partial charge in [-0.05, 0) is 31.6 Å². The summed E-state index contributed by atoms with van der Waals surface area (Å²) >= 11 is 0. The van der Waals surface area contributed by atoms with Crippen LogP contribution in [0, 0.1) is 5.92 Å². The minimum Gasteiger partial charge on any atom is -0.468 e. The smallest absolute Gasteiger partial charge is 0.325 e. The Kier molecular flexibility index (Phi) is 4.80. The van der Waals surface area contributed by atoms with Gasteiger partial charge < -0.3 is 9.47 Å². The Morgan fingerprint density at radius 3 is 2.59 bits per heavy atom. The van der Waals surface area contributed by atoms with E-state index in [1.54, 1.807) is 0 Å². The largest absolute Gasteiger partial charge is 0.468 e. The van der Waals surface area contributed by atoms with Crippen molar-refractivity contribution in [1.29, 1.82) is 0 Å². The van der Waals surface area contributed by atoms with Crippen LogP contribution in [-0.2, 0) is 14.3 Å². The van der Waals surface area contributed by atoms with Crippen molar-refractivity contribution in [2.24, 2.45) is 5.92 Å². The summed E-state index contributed by atoms with van der Waals surface area (Å²) in [5, 5.41) is 3.27. The number of carbonyl (C=O) groups is 1. The van der Waals surface area contributed by atoms with Crippen LogP contribution >= 0.6 is 0 Å². The minimum atomic E-state index is -0.283. The third kappa shape index (κ3) is 4.28. The molecular formula is C13H23NO3. The predicted octanol–water partition coefficient (Wildman–Crippen LogP) is 1.49. The quantitative estimate of drug-likeness (QED) is 0.686. The highest BCUT2D eigenvalue weighted by atomic mass is 16.5. The van der Waals surface area contributed by atoms with Gasteiger partial charge in [-0.2, -0.15) is 0 Å². The minimum absolute atomic E-state index is 0.205. The lowest BCUT2D eigenvalue weighted by Gasteiger charge is -2.17. The van der Waals surface area contributed by atoms with Crippen molar-refractivity contribution in [2.75, 3.05) is 20.3 Å². The molecule has 1 unspecified atom stereocenters. The van der Waals surface area contributed by atoms with Crippen LogP contribution in [0.4, 0.5) is 0 Å². The monoisotopic (exact) mass is 241 g/mol. The van der Waals surface area contributed by atoms with E-state index in [4.69, 9.17) is 9.47 Å². The molecule has 4 nitrogen and oxygen atoms in total. The highest BCUT2D eigenvalue weighted by Gasteiger charge is 2.29. The van der Waals surface area contributed by atoms with Crippen LogP contribution < -0.4 is 5.32 Å². The molecule has 0 saturated heterocycles. The van der Waals surface area contributed by atoms with Gasteiger partial charge in [0.2, 0.25) is 0 Å². The van der Waals surface area contributed by atoms with Gasteiger partial charge in [0.1, 0.15) is 6.04 Å². The zero-order valence-corrected chi connectivity index (χ0v) is 10.6. The summed E-state index contributed by atoms with van der Waals surface area (Å²) in [6.45, 7) is 1.24. The molecule has 2 fully saturated rings. The fourth-order valence-corrected chi connectivity index (χ4v) is 2.39. The molecule has 1 N–H and O–H groups in total. The fraction of sp³-hybridized carbons (Fsp3) is 0.923. The third-order valence-corrected chi connectivity index (χ3v) is 3.61. The van der Waals surface area contributed by atoms with Crippen molar-refractivity contribution in [3.8, 4) is 0 Å². The third-order valence-electron chi connectivity index (χ3n) is 3.61. The van der Waals surface area contributed by atoms with Crippen molar-refractivity contribution in [1.82, 2.24) is 5.32 Å². The molecule has 4 heteroatoms. The standard InChI is InChI=1S/C13H23NO3/c1-16-13(15)12(14-11-6-7-11)9-17-8-10-4-2-3-5-10/h10-12,14H,2-9H2,1H3. The van der Waals surface area contributed by atoms with Crippen LogP contribution in [0.3, 0.4) is 0 Å². The number of esters is 1. The number of rotatable bonds is 7. The van der Waals surface area contributed by atoms with Crippen LogP contribution in [0.1, 0.15) is 38.5 Å². The lowest BCUT2D eigenvalue weighted by molar-refractivity contribution is -0.145. The highest BCUT2D eigenvalue weighted by molar-refractivity contribution is 5.75. The molecular weight excluding hydrogens is 218 g/mol. The van der Waals surface area contributed by atoms with Gasteiger partial charge in [0.25, 0.3) is 0 Å². The molecule has 2 saturated carbocycles. The van der Waals surface area contributed by atoms with Gasteiger partial charge in [0.05, 0.1) is 13.7 Å². The molecule has 2 aliphatic rings. The number of methoxy groups -OCH3 is 1. The first-order valence-corrected chi connectivity index (χ1v) is 6.71. The average Bonchev–Trinajstić information content (AvgIpc) is 3.01. The van der Waals surface area contributed by atoms with E-state index in [0.717, 1.165) is 19.4 Å². The van der Waals surface area contributed by atoms with Gasteiger partial charge in [-0.1, -0.05) is 12.8 Å². The van der Waals surface area contributed by atoms with E-state index in [-0.39, 0.29) is 12.0 Å². The van der Waals surface area contributed by atoms with Crippen LogP contribution in [0.25, 0.3) is 0 Å². The molecule has 17 heavy (non-hydrogen) atoms. The first-order valence-electron chi connectivity index (χ1n) is 6.71. The zero-order valence-electron chi connectivity index (χ0n) is 10.6. The fourth-order valence-electron chi connectivity index (χ4n) is 2.39. The second-order valence-electron chi connectivity index (χ2n) is 5.20. The van der Waals surface area contributed by atoms with Gasteiger partial charge >= 0.3 is 5.97 Å². The Morgan fingerprint density at radius 1 is 1.29 bits per heavy atom. The summed E-state index contributed by atoms with van der Waals surface area (Å²) in [4.78, 5) is 11.5. The molecule has 0 aromatic rings. The molecule has 2 aliphatic carbocycles. The summed E-state index contributed by atoms with van der Waals surface area (Å²) in [5.41, 5.74) is 0. The lowest BCUT2D eigenvalue weighted by atomic mass is 10.1. The number of hydrogen-bond acceptors (Lipinski definition) is 4. The van der Waals surface area contributed by atoms with E-state index in [1.807, 2.05) is 0 Å². The average molecular weight is 241 g/mol. The Morgan fingerprint density at radius 2 is 2.00 bits per heavy atom. The molecule has 0 bridgehead atoms. The maximum Gasteiger partial charge on any atom is 0.325 e. The van der Waals surface area contributed by atoms with E-state index >= 15 is 0 Å². The molecule has 0 heterocycles. The second-order valence-corrected chi connectivity index (χ2v) is 5.20. The molecule has 98 valence electrons. The van der Waals surface area contributed by atoms with Crippen molar-refractivity contribution in [3.05, 3.63) is 0 Å². The first kappa shape index (κ1) is 12.8. The van der Waals surface area contributed by atoms with E-state index in [9.17, 15) is 4.79 Å². The molecule has 0 aliphatic heterocycles. The van der Waals surface area contributed by atoms with Crippen LogP contribution in [0.15, 0.2) is 0 Å². The van der Waals surface area contributed by atoms with Gasteiger partial charge in [0.15, 0.2) is 0 Å². The number of ether oxygens (including phenoxy) is 2. The Balaban J connectivity index is 1.66. The predicted molar refractivity (Wildman–Crippen MR) is 64.7 cm³/mol.